The van der Waals surface area contributed by atoms with Gasteiger partial charge in [-0.3, -0.25) is 9.59 Å². The maximum Gasteiger partial charge on any atom is 0.282 e. The van der Waals surface area contributed by atoms with E-state index >= 15 is 0 Å². The average molecular weight is 403 g/mol. The first-order valence-electron chi connectivity index (χ1n) is 9.24. The molecule has 0 saturated heterocycles. The molecule has 0 unspecified atom stereocenters. The zero-order chi connectivity index (χ0) is 20.5. The Balaban J connectivity index is 1.82. The lowest BCUT2D eigenvalue weighted by molar-refractivity contribution is -0.120. The number of halogens is 1. The van der Waals surface area contributed by atoms with Crippen molar-refractivity contribution in [3.63, 3.8) is 0 Å². The normalized spacial score (nSPS) is 14.0. The van der Waals surface area contributed by atoms with Gasteiger partial charge in [0.2, 0.25) is 0 Å². The highest BCUT2D eigenvalue weighted by molar-refractivity contribution is 6.46. The average Bonchev–Trinajstić information content (AvgIpc) is 2.95. The highest BCUT2D eigenvalue weighted by Gasteiger charge is 2.40. The highest BCUT2D eigenvalue weighted by Crippen LogP contribution is 2.34. The number of anilines is 2. The number of hydrogen-bond acceptors (Lipinski definition) is 3. The molecule has 3 aromatic carbocycles. The van der Waals surface area contributed by atoms with Crippen molar-refractivity contribution < 1.29 is 9.59 Å². The fourth-order valence-corrected chi connectivity index (χ4v) is 3.52. The van der Waals surface area contributed by atoms with Crippen molar-refractivity contribution in [2.24, 2.45) is 0 Å². The van der Waals surface area contributed by atoms with Crippen LogP contribution in [0.1, 0.15) is 16.7 Å². The first-order valence-corrected chi connectivity index (χ1v) is 9.62. The number of nitrogens with zero attached hydrogens (tertiary/aromatic N) is 1. The van der Waals surface area contributed by atoms with Gasteiger partial charge in [0.1, 0.15) is 5.70 Å². The van der Waals surface area contributed by atoms with Crippen LogP contribution in [0.15, 0.2) is 78.5 Å². The summed E-state index contributed by atoms with van der Waals surface area (Å²) in [6, 6.07) is 21.8. The Bertz CT molecular complexity index is 1150. The second-order valence-electron chi connectivity index (χ2n) is 6.97. The molecule has 3 aromatic rings. The van der Waals surface area contributed by atoms with Crippen molar-refractivity contribution in [2.75, 3.05) is 10.2 Å². The molecule has 0 saturated carbocycles. The number of benzene rings is 3. The lowest BCUT2D eigenvalue weighted by atomic mass is 10.0. The van der Waals surface area contributed by atoms with Gasteiger partial charge in [-0.15, -0.1) is 0 Å². The van der Waals surface area contributed by atoms with E-state index in [-0.39, 0.29) is 11.6 Å². The van der Waals surface area contributed by atoms with E-state index in [1.807, 2.05) is 62.4 Å². The molecule has 144 valence electrons. The first-order chi connectivity index (χ1) is 14.0. The summed E-state index contributed by atoms with van der Waals surface area (Å²) in [7, 11) is 0. The van der Waals surface area contributed by atoms with E-state index in [0.717, 1.165) is 21.7 Å². The van der Waals surface area contributed by atoms with Crippen molar-refractivity contribution in [1.82, 2.24) is 0 Å². The molecule has 0 fully saturated rings. The Labute approximate surface area is 174 Å². The number of nitrogens with one attached hydrogen (secondary N) is 1. The summed E-state index contributed by atoms with van der Waals surface area (Å²) >= 11 is 6.09. The van der Waals surface area contributed by atoms with Gasteiger partial charge in [0.15, 0.2) is 0 Å². The van der Waals surface area contributed by atoms with Crippen LogP contribution in [0.2, 0.25) is 5.02 Å². The van der Waals surface area contributed by atoms with Gasteiger partial charge in [0, 0.05) is 10.7 Å². The third-order valence-electron chi connectivity index (χ3n) is 4.99. The minimum atomic E-state index is -0.408. The summed E-state index contributed by atoms with van der Waals surface area (Å²) in [6.07, 6.45) is 0. The van der Waals surface area contributed by atoms with Crippen LogP contribution in [0.25, 0.3) is 5.57 Å². The van der Waals surface area contributed by atoms with Crippen LogP contribution in [0.4, 0.5) is 11.4 Å². The largest absolute Gasteiger partial charge is 0.350 e. The van der Waals surface area contributed by atoms with Crippen LogP contribution in [0.3, 0.4) is 0 Å². The van der Waals surface area contributed by atoms with E-state index in [1.54, 1.807) is 24.3 Å². The number of carbonyl (C=O) groups excluding carboxylic acids is 2. The van der Waals surface area contributed by atoms with Crippen LogP contribution >= 0.6 is 11.6 Å². The third-order valence-corrected chi connectivity index (χ3v) is 5.22. The summed E-state index contributed by atoms with van der Waals surface area (Å²) in [5, 5.41) is 3.64. The second-order valence-corrected chi connectivity index (χ2v) is 7.40. The number of hydrogen-bond donors (Lipinski definition) is 1. The van der Waals surface area contributed by atoms with Crippen LogP contribution in [-0.4, -0.2) is 11.8 Å². The van der Waals surface area contributed by atoms with E-state index in [2.05, 4.69) is 5.32 Å². The first kappa shape index (κ1) is 19.0. The molecule has 0 radical (unpaired) electrons. The van der Waals surface area contributed by atoms with Crippen molar-refractivity contribution in [3.8, 4) is 0 Å². The van der Waals surface area contributed by atoms with E-state index in [9.17, 15) is 9.59 Å². The van der Waals surface area contributed by atoms with E-state index in [4.69, 9.17) is 11.6 Å². The zero-order valence-electron chi connectivity index (χ0n) is 16.1. The molecule has 0 bridgehead atoms. The molecule has 1 aliphatic rings. The molecule has 0 aromatic heterocycles. The smallest absolute Gasteiger partial charge is 0.282 e. The van der Waals surface area contributed by atoms with Gasteiger partial charge in [-0.05, 0) is 60.9 Å². The fraction of sp³-hybridized carbons (Fsp3) is 0.0833. The Morgan fingerprint density at radius 3 is 2.24 bits per heavy atom. The molecule has 29 heavy (non-hydrogen) atoms. The standard InChI is InChI=1S/C24H19ClN2O2/c1-15-11-12-19(13-16(15)2)26-22-21(17-7-4-3-5-8-17)23(28)27(24(22)29)20-10-6-9-18(25)14-20/h3-14,26H,1-2H3. The van der Waals surface area contributed by atoms with Crippen molar-refractivity contribution in [1.29, 1.82) is 0 Å². The summed E-state index contributed by atoms with van der Waals surface area (Å²) in [4.78, 5) is 27.8. The maximum absolute atomic E-state index is 13.3. The molecule has 1 aliphatic heterocycles. The van der Waals surface area contributed by atoms with E-state index in [0.29, 0.717) is 21.8 Å². The van der Waals surface area contributed by atoms with Gasteiger partial charge < -0.3 is 5.32 Å². The molecule has 0 aliphatic carbocycles. The van der Waals surface area contributed by atoms with E-state index in [1.165, 1.54) is 0 Å². The van der Waals surface area contributed by atoms with Crippen molar-refractivity contribution in [3.05, 3.63) is 100 Å². The number of rotatable bonds is 4. The van der Waals surface area contributed by atoms with Crippen molar-refractivity contribution >= 4 is 40.4 Å². The zero-order valence-corrected chi connectivity index (χ0v) is 16.8. The van der Waals surface area contributed by atoms with Crippen LogP contribution < -0.4 is 10.2 Å². The van der Waals surface area contributed by atoms with Gasteiger partial charge in [0.05, 0.1) is 11.3 Å². The molecule has 2 amide bonds. The lowest BCUT2D eigenvalue weighted by Gasteiger charge is -2.16. The fourth-order valence-electron chi connectivity index (χ4n) is 3.33. The Morgan fingerprint density at radius 1 is 0.793 bits per heavy atom. The number of aryl methyl sites for hydroxylation is 2. The lowest BCUT2D eigenvalue weighted by Crippen LogP contribution is -2.32. The molecule has 0 spiro atoms. The van der Waals surface area contributed by atoms with Gasteiger partial charge in [-0.1, -0.05) is 54.1 Å². The van der Waals surface area contributed by atoms with Crippen LogP contribution in [-0.2, 0) is 9.59 Å². The molecular weight excluding hydrogens is 384 g/mol. The predicted molar refractivity (Wildman–Crippen MR) is 117 cm³/mol. The van der Waals surface area contributed by atoms with Crippen LogP contribution in [0.5, 0.6) is 0 Å². The third kappa shape index (κ3) is 3.55. The summed E-state index contributed by atoms with van der Waals surface area (Å²) in [5.41, 5.74) is 4.73. The number of imide groups is 1. The molecule has 0 atom stereocenters. The predicted octanol–water partition coefficient (Wildman–Crippen LogP) is 5.35. The molecule has 1 N–H and O–H groups in total. The number of carbonyl (C=O) groups is 2. The van der Waals surface area contributed by atoms with E-state index < -0.39 is 5.91 Å². The van der Waals surface area contributed by atoms with Crippen molar-refractivity contribution in [2.45, 2.75) is 13.8 Å². The molecular formula is C24H19ClN2O2. The second kappa shape index (κ2) is 7.57. The van der Waals surface area contributed by atoms with Gasteiger partial charge in [-0.2, -0.15) is 0 Å². The molecule has 4 rings (SSSR count). The van der Waals surface area contributed by atoms with Gasteiger partial charge in [0.25, 0.3) is 11.8 Å². The molecule has 5 heteroatoms. The summed E-state index contributed by atoms with van der Waals surface area (Å²) in [5.74, 6) is -0.788. The highest BCUT2D eigenvalue weighted by atomic mass is 35.5. The Kier molecular flexibility index (Phi) is 4.95. The molecule has 4 nitrogen and oxygen atoms in total. The quantitative estimate of drug-likeness (QED) is 0.598. The minimum absolute atomic E-state index is 0.254. The van der Waals surface area contributed by atoms with Gasteiger partial charge >= 0.3 is 0 Å². The maximum atomic E-state index is 13.3. The monoisotopic (exact) mass is 402 g/mol. The topological polar surface area (TPSA) is 49.4 Å². The SMILES string of the molecule is Cc1ccc(NC2=C(c3ccccc3)C(=O)N(c3cccc(Cl)c3)C2=O)cc1C. The summed E-state index contributed by atoms with van der Waals surface area (Å²) < 4.78 is 0. The van der Waals surface area contributed by atoms with Gasteiger partial charge in [-0.25, -0.2) is 4.90 Å². The Morgan fingerprint density at radius 2 is 1.55 bits per heavy atom. The van der Waals surface area contributed by atoms with Crippen LogP contribution in [0, 0.1) is 13.8 Å². The minimum Gasteiger partial charge on any atom is -0.350 e. The number of amides is 2. The summed E-state index contributed by atoms with van der Waals surface area (Å²) in [6.45, 7) is 4.03. The Hall–Kier alpha value is -3.37. The molecule has 1 heterocycles.